The van der Waals surface area contributed by atoms with Crippen molar-refractivity contribution < 1.29 is 9.53 Å². The number of aryl methyl sites for hydroxylation is 1. The summed E-state index contributed by atoms with van der Waals surface area (Å²) >= 11 is 1.71. The minimum atomic E-state index is -0.553. The molecule has 0 aromatic heterocycles. The summed E-state index contributed by atoms with van der Waals surface area (Å²) in [6.45, 7) is 5.86. The number of hydrogen-bond donors (Lipinski definition) is 1. The SMILES string of the molecule is CCSc1ccccc1NC(=O)[C@H](C)Oc1ccc(C)cc1. The van der Waals surface area contributed by atoms with Crippen LogP contribution >= 0.6 is 11.8 Å². The van der Waals surface area contributed by atoms with E-state index < -0.39 is 6.10 Å². The summed E-state index contributed by atoms with van der Waals surface area (Å²) in [4.78, 5) is 13.4. The molecule has 0 unspecified atom stereocenters. The summed E-state index contributed by atoms with van der Waals surface area (Å²) in [5, 5.41) is 2.94. The zero-order valence-electron chi connectivity index (χ0n) is 13.1. The van der Waals surface area contributed by atoms with Crippen molar-refractivity contribution in [3.05, 3.63) is 54.1 Å². The molecule has 1 N–H and O–H groups in total. The number of anilines is 1. The number of benzene rings is 2. The van der Waals surface area contributed by atoms with E-state index in [0.29, 0.717) is 5.75 Å². The molecule has 116 valence electrons. The van der Waals surface area contributed by atoms with Crippen molar-refractivity contribution in [1.82, 2.24) is 0 Å². The average molecular weight is 315 g/mol. The molecule has 0 radical (unpaired) electrons. The summed E-state index contributed by atoms with van der Waals surface area (Å²) in [6, 6.07) is 15.5. The summed E-state index contributed by atoms with van der Waals surface area (Å²) in [7, 11) is 0. The van der Waals surface area contributed by atoms with Crippen molar-refractivity contribution in [3.63, 3.8) is 0 Å². The maximum atomic E-state index is 12.3. The van der Waals surface area contributed by atoms with Gasteiger partial charge in [0, 0.05) is 4.90 Å². The van der Waals surface area contributed by atoms with Gasteiger partial charge in [-0.15, -0.1) is 11.8 Å². The zero-order chi connectivity index (χ0) is 15.9. The fourth-order valence-corrected chi connectivity index (χ4v) is 2.72. The van der Waals surface area contributed by atoms with Gasteiger partial charge in [0.2, 0.25) is 0 Å². The molecule has 0 saturated heterocycles. The number of nitrogens with one attached hydrogen (secondary N) is 1. The molecule has 0 spiro atoms. The largest absolute Gasteiger partial charge is 0.481 e. The Morgan fingerprint density at radius 2 is 1.86 bits per heavy atom. The van der Waals surface area contributed by atoms with Gasteiger partial charge in [-0.2, -0.15) is 0 Å². The minimum Gasteiger partial charge on any atom is -0.481 e. The third-order valence-corrected chi connectivity index (χ3v) is 4.10. The molecule has 22 heavy (non-hydrogen) atoms. The molecule has 0 aliphatic carbocycles. The number of thioether (sulfide) groups is 1. The summed E-state index contributed by atoms with van der Waals surface area (Å²) in [5.74, 6) is 1.51. The Bertz CT molecular complexity index is 625. The van der Waals surface area contributed by atoms with Gasteiger partial charge in [-0.1, -0.05) is 36.8 Å². The standard InChI is InChI=1S/C18H21NO2S/c1-4-22-17-8-6-5-7-16(17)19-18(20)14(3)21-15-11-9-13(2)10-12-15/h5-12,14H,4H2,1-3H3,(H,19,20)/t14-/m0/s1. The smallest absolute Gasteiger partial charge is 0.265 e. The van der Waals surface area contributed by atoms with Crippen LogP contribution in [0.15, 0.2) is 53.4 Å². The molecular weight excluding hydrogens is 294 g/mol. The third-order valence-electron chi connectivity index (χ3n) is 3.15. The number of amides is 1. The number of ether oxygens (including phenoxy) is 1. The predicted octanol–water partition coefficient (Wildman–Crippen LogP) is 4.51. The second-order valence-electron chi connectivity index (χ2n) is 4.99. The van der Waals surface area contributed by atoms with Crippen LogP contribution in [0.3, 0.4) is 0 Å². The highest BCUT2D eigenvalue weighted by molar-refractivity contribution is 7.99. The number of carbonyl (C=O) groups is 1. The van der Waals surface area contributed by atoms with Crippen LogP contribution in [0.5, 0.6) is 5.75 Å². The monoisotopic (exact) mass is 315 g/mol. The lowest BCUT2D eigenvalue weighted by molar-refractivity contribution is -0.122. The van der Waals surface area contributed by atoms with Gasteiger partial charge in [0.15, 0.2) is 6.10 Å². The van der Waals surface area contributed by atoms with E-state index in [1.54, 1.807) is 18.7 Å². The van der Waals surface area contributed by atoms with Crippen LogP contribution in [-0.2, 0) is 4.79 Å². The van der Waals surface area contributed by atoms with E-state index in [4.69, 9.17) is 4.74 Å². The van der Waals surface area contributed by atoms with Crippen LogP contribution in [0.1, 0.15) is 19.4 Å². The van der Waals surface area contributed by atoms with E-state index in [-0.39, 0.29) is 5.91 Å². The van der Waals surface area contributed by atoms with Gasteiger partial charge >= 0.3 is 0 Å². The lowest BCUT2D eigenvalue weighted by atomic mass is 10.2. The Labute approximate surface area is 136 Å². The molecule has 1 amide bonds. The molecule has 0 aliphatic rings. The van der Waals surface area contributed by atoms with Gasteiger partial charge in [-0.3, -0.25) is 4.79 Å². The van der Waals surface area contributed by atoms with Crippen LogP contribution in [0, 0.1) is 6.92 Å². The summed E-state index contributed by atoms with van der Waals surface area (Å²) in [6.07, 6.45) is -0.553. The van der Waals surface area contributed by atoms with Crippen molar-refractivity contribution >= 4 is 23.4 Å². The molecule has 2 aromatic carbocycles. The van der Waals surface area contributed by atoms with Gasteiger partial charge in [-0.25, -0.2) is 0 Å². The van der Waals surface area contributed by atoms with E-state index in [9.17, 15) is 4.79 Å². The van der Waals surface area contributed by atoms with E-state index >= 15 is 0 Å². The highest BCUT2D eigenvalue weighted by atomic mass is 32.2. The molecule has 1 atom stereocenters. The second kappa shape index (κ2) is 7.90. The van der Waals surface area contributed by atoms with E-state index in [1.165, 1.54) is 0 Å². The van der Waals surface area contributed by atoms with Crippen LogP contribution in [0.2, 0.25) is 0 Å². The molecular formula is C18H21NO2S. The zero-order valence-corrected chi connectivity index (χ0v) is 13.9. The first kappa shape index (κ1) is 16.4. The van der Waals surface area contributed by atoms with Crippen LogP contribution in [-0.4, -0.2) is 17.8 Å². The van der Waals surface area contributed by atoms with E-state index in [2.05, 4.69) is 12.2 Å². The Hall–Kier alpha value is -1.94. The topological polar surface area (TPSA) is 38.3 Å². The van der Waals surface area contributed by atoms with E-state index in [0.717, 1.165) is 21.9 Å². The second-order valence-corrected chi connectivity index (χ2v) is 6.30. The van der Waals surface area contributed by atoms with Gasteiger partial charge < -0.3 is 10.1 Å². The van der Waals surface area contributed by atoms with E-state index in [1.807, 2.05) is 55.5 Å². The highest BCUT2D eigenvalue weighted by Gasteiger charge is 2.16. The van der Waals surface area contributed by atoms with Gasteiger partial charge in [0.1, 0.15) is 5.75 Å². The van der Waals surface area contributed by atoms with Gasteiger partial charge in [0.05, 0.1) is 5.69 Å². The lowest BCUT2D eigenvalue weighted by Gasteiger charge is -2.16. The van der Waals surface area contributed by atoms with Gasteiger partial charge in [-0.05, 0) is 43.9 Å². The average Bonchev–Trinajstić information content (AvgIpc) is 2.51. The molecule has 3 nitrogen and oxygen atoms in total. The maximum absolute atomic E-state index is 12.3. The number of para-hydroxylation sites is 1. The Morgan fingerprint density at radius 1 is 1.18 bits per heavy atom. The first-order chi connectivity index (χ1) is 10.6. The van der Waals surface area contributed by atoms with Crippen molar-refractivity contribution in [2.75, 3.05) is 11.1 Å². The lowest BCUT2D eigenvalue weighted by Crippen LogP contribution is -2.30. The Kier molecular flexibility index (Phi) is 5.90. The van der Waals surface area contributed by atoms with Crippen LogP contribution in [0.25, 0.3) is 0 Å². The summed E-state index contributed by atoms with van der Waals surface area (Å²) in [5.41, 5.74) is 1.99. The number of hydrogen-bond acceptors (Lipinski definition) is 3. The molecule has 0 fully saturated rings. The molecule has 0 heterocycles. The maximum Gasteiger partial charge on any atom is 0.265 e. The van der Waals surface area contributed by atoms with Crippen LogP contribution in [0.4, 0.5) is 5.69 Å². The summed E-state index contributed by atoms with van der Waals surface area (Å²) < 4.78 is 5.68. The Morgan fingerprint density at radius 3 is 2.55 bits per heavy atom. The fourth-order valence-electron chi connectivity index (χ4n) is 1.96. The predicted molar refractivity (Wildman–Crippen MR) is 92.7 cm³/mol. The minimum absolute atomic E-state index is 0.148. The van der Waals surface area contributed by atoms with Crippen molar-refractivity contribution in [2.24, 2.45) is 0 Å². The fraction of sp³-hybridized carbons (Fsp3) is 0.278. The molecule has 0 saturated carbocycles. The van der Waals surface area contributed by atoms with Crippen molar-refractivity contribution in [3.8, 4) is 5.75 Å². The van der Waals surface area contributed by atoms with Gasteiger partial charge in [0.25, 0.3) is 5.91 Å². The molecule has 0 bridgehead atoms. The molecule has 2 rings (SSSR count). The molecule has 2 aromatic rings. The normalized spacial score (nSPS) is 11.8. The van der Waals surface area contributed by atoms with Crippen molar-refractivity contribution in [2.45, 2.75) is 31.8 Å². The highest BCUT2D eigenvalue weighted by Crippen LogP contribution is 2.26. The molecule has 4 heteroatoms. The first-order valence-electron chi connectivity index (χ1n) is 7.36. The quantitative estimate of drug-likeness (QED) is 0.797. The van der Waals surface area contributed by atoms with Crippen molar-refractivity contribution in [1.29, 1.82) is 0 Å². The first-order valence-corrected chi connectivity index (χ1v) is 8.34. The third kappa shape index (κ3) is 4.53. The molecule has 0 aliphatic heterocycles. The number of carbonyl (C=O) groups excluding carboxylic acids is 1. The van der Waals surface area contributed by atoms with Crippen LogP contribution < -0.4 is 10.1 Å². The Balaban J connectivity index is 2.01. The number of rotatable bonds is 6.